The van der Waals surface area contributed by atoms with Gasteiger partial charge in [-0.05, 0) is 12.8 Å². The minimum Gasteiger partial charge on any atom is -0.481 e. The highest BCUT2D eigenvalue weighted by molar-refractivity contribution is 7.13. The number of anilines is 1. The molecule has 0 saturated carbocycles. The summed E-state index contributed by atoms with van der Waals surface area (Å²) in [5, 5.41) is 13.8. The highest BCUT2D eigenvalue weighted by Crippen LogP contribution is 2.22. The topological polar surface area (TPSA) is 62.2 Å². The van der Waals surface area contributed by atoms with E-state index in [0.717, 1.165) is 0 Å². The fourth-order valence-corrected chi connectivity index (χ4v) is 2.16. The Morgan fingerprint density at radius 1 is 1.42 bits per heavy atom. The van der Waals surface area contributed by atoms with Crippen molar-refractivity contribution in [3.8, 4) is 0 Å². The van der Waals surface area contributed by atoms with E-state index in [1.54, 1.807) is 5.38 Å². The number of alkyl halides is 3. The minimum absolute atomic E-state index is 0.0226. The van der Waals surface area contributed by atoms with Gasteiger partial charge < -0.3 is 10.4 Å². The molecule has 0 aliphatic carbocycles. The molecule has 0 aromatic carbocycles. The number of rotatable bonds is 8. The standard InChI is InChI=1S/C11H15F3N2O2S/c12-11(13,14)5-1-2-6-15-10-16-8(7-19-10)3-4-9(17)18/h7H,1-6H2,(H,15,16)(H,17,18). The van der Waals surface area contributed by atoms with Crippen LogP contribution >= 0.6 is 11.3 Å². The average molecular weight is 296 g/mol. The van der Waals surface area contributed by atoms with Crippen LogP contribution < -0.4 is 5.32 Å². The van der Waals surface area contributed by atoms with Crippen molar-refractivity contribution in [1.82, 2.24) is 4.98 Å². The smallest absolute Gasteiger partial charge is 0.389 e. The van der Waals surface area contributed by atoms with Gasteiger partial charge in [-0.2, -0.15) is 13.2 Å². The largest absolute Gasteiger partial charge is 0.481 e. The average Bonchev–Trinajstić information content (AvgIpc) is 2.72. The van der Waals surface area contributed by atoms with Gasteiger partial charge in [-0.15, -0.1) is 11.3 Å². The van der Waals surface area contributed by atoms with E-state index in [-0.39, 0.29) is 12.8 Å². The van der Waals surface area contributed by atoms with Gasteiger partial charge in [0.2, 0.25) is 0 Å². The van der Waals surface area contributed by atoms with Crippen molar-refractivity contribution in [1.29, 1.82) is 0 Å². The van der Waals surface area contributed by atoms with E-state index in [9.17, 15) is 18.0 Å². The van der Waals surface area contributed by atoms with Gasteiger partial charge >= 0.3 is 12.1 Å². The van der Waals surface area contributed by atoms with Gasteiger partial charge in [-0.3, -0.25) is 4.79 Å². The molecule has 2 N–H and O–H groups in total. The Kier molecular flexibility index (Phi) is 6.07. The summed E-state index contributed by atoms with van der Waals surface area (Å²) in [7, 11) is 0. The SMILES string of the molecule is O=C(O)CCc1csc(NCCCCC(F)(F)F)n1. The third kappa shape index (κ3) is 7.66. The normalized spacial score (nSPS) is 11.5. The highest BCUT2D eigenvalue weighted by atomic mass is 32.1. The maximum absolute atomic E-state index is 11.9. The van der Waals surface area contributed by atoms with Crippen LogP contribution in [0.15, 0.2) is 5.38 Å². The van der Waals surface area contributed by atoms with Crippen molar-refractivity contribution in [2.45, 2.75) is 38.3 Å². The van der Waals surface area contributed by atoms with Crippen LogP contribution in [0.25, 0.3) is 0 Å². The molecule has 0 fully saturated rings. The number of thiazole rings is 1. The molecule has 0 bridgehead atoms. The molecule has 0 unspecified atom stereocenters. The Hall–Kier alpha value is -1.31. The van der Waals surface area contributed by atoms with Crippen molar-refractivity contribution in [2.75, 3.05) is 11.9 Å². The number of hydrogen-bond acceptors (Lipinski definition) is 4. The lowest BCUT2D eigenvalue weighted by Gasteiger charge is -2.05. The summed E-state index contributed by atoms with van der Waals surface area (Å²) in [5.41, 5.74) is 0.685. The second-order valence-electron chi connectivity index (χ2n) is 4.04. The van der Waals surface area contributed by atoms with Crippen LogP contribution in [0, 0.1) is 0 Å². The third-order valence-electron chi connectivity index (χ3n) is 2.31. The summed E-state index contributed by atoms with van der Waals surface area (Å²) in [6.45, 7) is 0.433. The van der Waals surface area contributed by atoms with E-state index in [4.69, 9.17) is 5.11 Å². The molecule has 0 amide bonds. The van der Waals surface area contributed by atoms with Crippen LogP contribution in [0.1, 0.15) is 31.4 Å². The highest BCUT2D eigenvalue weighted by Gasteiger charge is 2.25. The van der Waals surface area contributed by atoms with Crippen LogP contribution in [-0.2, 0) is 11.2 Å². The number of unbranched alkanes of at least 4 members (excludes halogenated alkanes) is 1. The summed E-state index contributed by atoms with van der Waals surface area (Å²) in [6, 6.07) is 0. The van der Waals surface area contributed by atoms with Gasteiger partial charge in [0, 0.05) is 24.8 Å². The van der Waals surface area contributed by atoms with Crippen LogP contribution in [0.4, 0.5) is 18.3 Å². The predicted octanol–water partition coefficient (Wildman–Crippen LogP) is 3.30. The lowest BCUT2D eigenvalue weighted by molar-refractivity contribution is -0.137. The molecule has 0 saturated heterocycles. The lowest BCUT2D eigenvalue weighted by atomic mass is 10.2. The number of carboxylic acid groups (broad SMARTS) is 1. The number of nitrogens with zero attached hydrogens (tertiary/aromatic N) is 1. The summed E-state index contributed by atoms with van der Waals surface area (Å²) < 4.78 is 35.6. The molecule has 1 aromatic heterocycles. The first-order chi connectivity index (χ1) is 8.87. The zero-order valence-corrected chi connectivity index (χ0v) is 11.0. The number of hydrogen-bond donors (Lipinski definition) is 2. The van der Waals surface area contributed by atoms with Crippen LogP contribution in [0.2, 0.25) is 0 Å². The molecule has 1 aromatic rings. The van der Waals surface area contributed by atoms with E-state index in [1.165, 1.54) is 11.3 Å². The van der Waals surface area contributed by atoms with Crippen molar-refractivity contribution in [3.63, 3.8) is 0 Å². The summed E-state index contributed by atoms with van der Waals surface area (Å²) in [5.74, 6) is -0.880. The number of aromatic nitrogens is 1. The molecule has 1 rings (SSSR count). The van der Waals surface area contributed by atoms with Gasteiger partial charge in [0.25, 0.3) is 0 Å². The number of nitrogens with one attached hydrogen (secondary N) is 1. The molecular weight excluding hydrogens is 281 g/mol. The molecule has 4 nitrogen and oxygen atoms in total. The number of aliphatic carboxylic acids is 1. The Morgan fingerprint density at radius 3 is 2.79 bits per heavy atom. The van der Waals surface area contributed by atoms with Gasteiger partial charge in [-0.1, -0.05) is 0 Å². The first kappa shape index (κ1) is 15.7. The van der Waals surface area contributed by atoms with Gasteiger partial charge in [0.15, 0.2) is 5.13 Å². The quantitative estimate of drug-likeness (QED) is 0.722. The molecule has 0 radical (unpaired) electrons. The number of carbonyl (C=O) groups is 1. The van der Waals surface area contributed by atoms with Crippen molar-refractivity contribution in [2.24, 2.45) is 0 Å². The second kappa shape index (κ2) is 7.32. The lowest BCUT2D eigenvalue weighted by Crippen LogP contribution is -2.08. The summed E-state index contributed by atoms with van der Waals surface area (Å²) >= 11 is 1.33. The maximum Gasteiger partial charge on any atom is 0.389 e. The fourth-order valence-electron chi connectivity index (χ4n) is 1.38. The fraction of sp³-hybridized carbons (Fsp3) is 0.636. The van der Waals surface area contributed by atoms with E-state index < -0.39 is 18.6 Å². The van der Waals surface area contributed by atoms with Crippen molar-refractivity contribution in [3.05, 3.63) is 11.1 Å². The second-order valence-corrected chi connectivity index (χ2v) is 4.89. The zero-order valence-electron chi connectivity index (χ0n) is 10.2. The maximum atomic E-state index is 11.9. The molecule has 19 heavy (non-hydrogen) atoms. The Morgan fingerprint density at radius 2 is 2.16 bits per heavy atom. The monoisotopic (exact) mass is 296 g/mol. The molecule has 0 aliphatic heterocycles. The predicted molar refractivity (Wildman–Crippen MR) is 66.5 cm³/mol. The number of halogens is 3. The Balaban J connectivity index is 2.18. The molecule has 108 valence electrons. The van der Waals surface area contributed by atoms with Crippen LogP contribution in [0.5, 0.6) is 0 Å². The van der Waals surface area contributed by atoms with E-state index in [1.807, 2.05) is 0 Å². The Bertz CT molecular complexity index is 407. The summed E-state index contributed by atoms with van der Waals surface area (Å²) in [4.78, 5) is 14.5. The van der Waals surface area contributed by atoms with Gasteiger partial charge in [-0.25, -0.2) is 4.98 Å². The van der Waals surface area contributed by atoms with E-state index >= 15 is 0 Å². The van der Waals surface area contributed by atoms with Crippen LogP contribution in [0.3, 0.4) is 0 Å². The molecule has 1 heterocycles. The Labute approximate surface area is 112 Å². The molecule has 0 aliphatic rings. The molecular formula is C11H15F3N2O2S. The first-order valence-corrected chi connectivity index (χ1v) is 6.71. The number of aryl methyl sites for hydroxylation is 1. The van der Waals surface area contributed by atoms with E-state index in [0.29, 0.717) is 30.2 Å². The minimum atomic E-state index is -4.09. The summed E-state index contributed by atoms with van der Waals surface area (Å²) in [6.07, 6.45) is -3.96. The molecule has 0 spiro atoms. The third-order valence-corrected chi connectivity index (χ3v) is 3.16. The zero-order chi connectivity index (χ0) is 14.3. The number of carboxylic acids is 1. The van der Waals surface area contributed by atoms with E-state index in [2.05, 4.69) is 10.3 Å². The van der Waals surface area contributed by atoms with Gasteiger partial charge in [0.05, 0.1) is 12.1 Å². The van der Waals surface area contributed by atoms with Crippen molar-refractivity contribution < 1.29 is 23.1 Å². The van der Waals surface area contributed by atoms with Crippen LogP contribution in [-0.4, -0.2) is 28.8 Å². The first-order valence-electron chi connectivity index (χ1n) is 5.83. The molecule has 8 heteroatoms. The van der Waals surface area contributed by atoms with Gasteiger partial charge in [0.1, 0.15) is 0 Å². The molecule has 0 atom stereocenters. The van der Waals surface area contributed by atoms with Crippen molar-refractivity contribution >= 4 is 22.4 Å².